The van der Waals surface area contributed by atoms with Crippen molar-refractivity contribution in [2.24, 2.45) is 0 Å². The van der Waals surface area contributed by atoms with E-state index in [0.29, 0.717) is 0 Å². The minimum atomic E-state index is -0.305. The van der Waals surface area contributed by atoms with Gasteiger partial charge in [-0.1, -0.05) is 18.2 Å². The molecule has 4 nitrogen and oxygen atoms in total. The molecule has 1 amide bonds. The van der Waals surface area contributed by atoms with E-state index in [1.807, 2.05) is 38.1 Å². The summed E-state index contributed by atoms with van der Waals surface area (Å²) in [6.07, 6.45) is 3.88. The van der Waals surface area contributed by atoms with E-state index in [1.54, 1.807) is 0 Å². The van der Waals surface area contributed by atoms with Crippen molar-refractivity contribution in [1.82, 2.24) is 0 Å². The van der Waals surface area contributed by atoms with Gasteiger partial charge in [-0.2, -0.15) is 0 Å². The monoisotopic (exact) mass is 337 g/mol. The van der Waals surface area contributed by atoms with Crippen LogP contribution >= 0.6 is 0 Å². The molecule has 1 aliphatic heterocycles. The van der Waals surface area contributed by atoms with Crippen molar-refractivity contribution in [3.8, 4) is 0 Å². The Labute approximate surface area is 150 Å². The number of nitrogens with one attached hydrogen (secondary N) is 2. The number of carbonyl (C=O) groups excluding carboxylic acids is 1. The lowest BCUT2D eigenvalue weighted by atomic mass is 10.1. The molecule has 3 rings (SSSR count). The predicted octanol–water partition coefficient (Wildman–Crippen LogP) is 4.42. The molecule has 1 fully saturated rings. The highest BCUT2D eigenvalue weighted by Crippen LogP contribution is 2.22. The SMILES string of the molecule is Cc1ccccc1NC(=O)C(C)Nc1ccc(N2CCCCC2)cc1. The fourth-order valence-corrected chi connectivity index (χ4v) is 3.19. The van der Waals surface area contributed by atoms with E-state index in [0.717, 1.165) is 30.0 Å². The van der Waals surface area contributed by atoms with Crippen molar-refractivity contribution in [2.45, 2.75) is 39.2 Å². The summed E-state index contributed by atoms with van der Waals surface area (Å²) in [6, 6.07) is 15.9. The van der Waals surface area contributed by atoms with Crippen molar-refractivity contribution in [3.63, 3.8) is 0 Å². The van der Waals surface area contributed by atoms with Gasteiger partial charge in [-0.3, -0.25) is 4.79 Å². The number of carbonyl (C=O) groups is 1. The van der Waals surface area contributed by atoms with Gasteiger partial charge in [-0.25, -0.2) is 0 Å². The van der Waals surface area contributed by atoms with Gasteiger partial charge in [-0.15, -0.1) is 0 Å². The predicted molar refractivity (Wildman–Crippen MR) is 105 cm³/mol. The van der Waals surface area contributed by atoms with E-state index >= 15 is 0 Å². The third-order valence-electron chi connectivity index (χ3n) is 4.77. The average Bonchev–Trinajstić information content (AvgIpc) is 2.65. The maximum absolute atomic E-state index is 12.4. The van der Waals surface area contributed by atoms with Crippen LogP contribution in [0.1, 0.15) is 31.7 Å². The lowest BCUT2D eigenvalue weighted by molar-refractivity contribution is -0.116. The van der Waals surface area contributed by atoms with Crippen LogP contribution in [-0.2, 0) is 4.79 Å². The first-order chi connectivity index (χ1) is 12.1. The molecule has 1 heterocycles. The van der Waals surface area contributed by atoms with E-state index in [-0.39, 0.29) is 11.9 Å². The molecule has 4 heteroatoms. The lowest BCUT2D eigenvalue weighted by Crippen LogP contribution is -2.32. The van der Waals surface area contributed by atoms with E-state index in [9.17, 15) is 4.79 Å². The molecule has 0 radical (unpaired) electrons. The molecule has 0 spiro atoms. The Hall–Kier alpha value is -2.49. The topological polar surface area (TPSA) is 44.4 Å². The molecule has 0 bridgehead atoms. The van der Waals surface area contributed by atoms with Crippen LogP contribution in [0.5, 0.6) is 0 Å². The third kappa shape index (κ3) is 4.53. The molecular formula is C21H27N3O. The molecule has 2 N–H and O–H groups in total. The minimum Gasteiger partial charge on any atom is -0.374 e. The van der Waals surface area contributed by atoms with E-state index in [1.165, 1.54) is 24.9 Å². The molecule has 1 unspecified atom stereocenters. The van der Waals surface area contributed by atoms with Gasteiger partial charge in [0.05, 0.1) is 0 Å². The van der Waals surface area contributed by atoms with Crippen LogP contribution in [-0.4, -0.2) is 25.0 Å². The van der Waals surface area contributed by atoms with Gasteiger partial charge in [0.15, 0.2) is 0 Å². The molecule has 2 aromatic carbocycles. The van der Waals surface area contributed by atoms with Crippen LogP contribution < -0.4 is 15.5 Å². The first kappa shape index (κ1) is 17.3. The Morgan fingerprint density at radius 1 is 1.00 bits per heavy atom. The number of hydrogen-bond donors (Lipinski definition) is 2. The molecule has 2 aromatic rings. The summed E-state index contributed by atoms with van der Waals surface area (Å²) in [6.45, 7) is 6.16. The summed E-state index contributed by atoms with van der Waals surface area (Å²) < 4.78 is 0. The quantitative estimate of drug-likeness (QED) is 0.848. The van der Waals surface area contributed by atoms with E-state index < -0.39 is 0 Å². The second-order valence-electron chi connectivity index (χ2n) is 6.76. The maximum Gasteiger partial charge on any atom is 0.246 e. The zero-order valence-electron chi connectivity index (χ0n) is 15.1. The van der Waals surface area contributed by atoms with Crippen molar-refractivity contribution in [1.29, 1.82) is 0 Å². The van der Waals surface area contributed by atoms with Crippen molar-refractivity contribution >= 4 is 23.0 Å². The first-order valence-corrected chi connectivity index (χ1v) is 9.11. The zero-order chi connectivity index (χ0) is 17.6. The number of piperidine rings is 1. The van der Waals surface area contributed by atoms with Gasteiger partial charge in [0.25, 0.3) is 0 Å². The second-order valence-corrected chi connectivity index (χ2v) is 6.76. The van der Waals surface area contributed by atoms with Crippen LogP contribution in [0.4, 0.5) is 17.1 Å². The van der Waals surface area contributed by atoms with Crippen LogP contribution in [0.3, 0.4) is 0 Å². The Balaban J connectivity index is 1.57. The maximum atomic E-state index is 12.4. The van der Waals surface area contributed by atoms with Crippen LogP contribution in [0.15, 0.2) is 48.5 Å². The fourth-order valence-electron chi connectivity index (χ4n) is 3.19. The molecule has 0 saturated carbocycles. The van der Waals surface area contributed by atoms with Gasteiger partial charge in [0, 0.05) is 30.2 Å². The summed E-state index contributed by atoms with van der Waals surface area (Å²) in [5.41, 5.74) is 4.16. The summed E-state index contributed by atoms with van der Waals surface area (Å²) in [7, 11) is 0. The Morgan fingerprint density at radius 3 is 2.36 bits per heavy atom. The summed E-state index contributed by atoms with van der Waals surface area (Å²) in [5.74, 6) is -0.0330. The van der Waals surface area contributed by atoms with Crippen molar-refractivity contribution in [3.05, 3.63) is 54.1 Å². The fraction of sp³-hybridized carbons (Fsp3) is 0.381. The Morgan fingerprint density at radius 2 is 1.68 bits per heavy atom. The smallest absolute Gasteiger partial charge is 0.246 e. The van der Waals surface area contributed by atoms with Gasteiger partial charge in [0.2, 0.25) is 5.91 Å². The van der Waals surface area contributed by atoms with Crippen molar-refractivity contribution < 1.29 is 4.79 Å². The van der Waals surface area contributed by atoms with Gasteiger partial charge < -0.3 is 15.5 Å². The molecule has 1 saturated heterocycles. The minimum absolute atomic E-state index is 0.0330. The highest BCUT2D eigenvalue weighted by Gasteiger charge is 2.14. The molecule has 1 atom stereocenters. The normalized spacial score (nSPS) is 15.5. The average molecular weight is 337 g/mol. The van der Waals surface area contributed by atoms with Gasteiger partial charge >= 0.3 is 0 Å². The standard InChI is InChI=1S/C21H27N3O/c1-16-8-4-5-9-20(16)23-21(25)17(2)22-18-10-12-19(13-11-18)24-14-6-3-7-15-24/h4-5,8-13,17,22H,3,6-7,14-15H2,1-2H3,(H,23,25). The lowest BCUT2D eigenvalue weighted by Gasteiger charge is -2.29. The highest BCUT2D eigenvalue weighted by atomic mass is 16.2. The number of nitrogens with zero attached hydrogens (tertiary/aromatic N) is 1. The van der Waals surface area contributed by atoms with E-state index in [2.05, 4.69) is 39.8 Å². The number of amides is 1. The van der Waals surface area contributed by atoms with Crippen LogP contribution in [0.2, 0.25) is 0 Å². The molecule has 25 heavy (non-hydrogen) atoms. The van der Waals surface area contributed by atoms with Gasteiger partial charge in [0.1, 0.15) is 6.04 Å². The summed E-state index contributed by atoms with van der Waals surface area (Å²) >= 11 is 0. The molecular weight excluding hydrogens is 310 g/mol. The number of benzene rings is 2. The number of aryl methyl sites for hydroxylation is 1. The molecule has 1 aliphatic rings. The Kier molecular flexibility index (Phi) is 5.59. The number of anilines is 3. The van der Waals surface area contributed by atoms with Crippen molar-refractivity contribution in [2.75, 3.05) is 28.6 Å². The van der Waals surface area contributed by atoms with E-state index in [4.69, 9.17) is 0 Å². The van der Waals surface area contributed by atoms with Gasteiger partial charge in [-0.05, 0) is 69.0 Å². The molecule has 0 aliphatic carbocycles. The van der Waals surface area contributed by atoms with Crippen LogP contribution in [0.25, 0.3) is 0 Å². The zero-order valence-corrected chi connectivity index (χ0v) is 15.1. The highest BCUT2D eigenvalue weighted by molar-refractivity contribution is 5.96. The first-order valence-electron chi connectivity index (χ1n) is 9.11. The summed E-state index contributed by atoms with van der Waals surface area (Å²) in [5, 5.41) is 6.26. The number of para-hydroxylation sites is 1. The molecule has 0 aromatic heterocycles. The third-order valence-corrected chi connectivity index (χ3v) is 4.77. The Bertz CT molecular complexity index is 705. The largest absolute Gasteiger partial charge is 0.374 e. The molecule has 132 valence electrons. The van der Waals surface area contributed by atoms with Crippen LogP contribution in [0, 0.1) is 6.92 Å². The number of hydrogen-bond acceptors (Lipinski definition) is 3. The summed E-state index contributed by atoms with van der Waals surface area (Å²) in [4.78, 5) is 14.8. The second kappa shape index (κ2) is 8.06. The number of rotatable bonds is 5.